The van der Waals surface area contributed by atoms with E-state index in [1.165, 1.54) is 11.1 Å². The van der Waals surface area contributed by atoms with E-state index < -0.39 is 0 Å². The maximum atomic E-state index is 11.6. The zero-order chi connectivity index (χ0) is 16.2. The van der Waals surface area contributed by atoms with Crippen LogP contribution in [0, 0.1) is 5.92 Å². The minimum absolute atomic E-state index is 0.00733. The normalized spacial score (nSPS) is 14.5. The standard InChI is InChI=1S/C18H26N2O2/c1-18(2,3)15-8-4-13(5-9-15)10-11-19-16(21)12-20-17(22)14-6-7-14/h4-5,8-9,14H,6-7,10-12H2,1-3H3,(H,19,21)(H,20,22). The number of hydrogen-bond donors (Lipinski definition) is 2. The van der Waals surface area contributed by atoms with E-state index in [1.807, 2.05) is 0 Å². The summed E-state index contributed by atoms with van der Waals surface area (Å²) in [7, 11) is 0. The number of amides is 2. The molecule has 1 aromatic carbocycles. The second-order valence-corrected chi connectivity index (χ2v) is 7.04. The zero-order valence-corrected chi connectivity index (χ0v) is 13.7. The highest BCUT2D eigenvalue weighted by molar-refractivity contribution is 5.86. The Morgan fingerprint density at radius 1 is 1.09 bits per heavy atom. The summed E-state index contributed by atoms with van der Waals surface area (Å²) in [6.45, 7) is 7.25. The SMILES string of the molecule is CC(C)(C)c1ccc(CCNC(=O)CNC(=O)C2CC2)cc1. The van der Waals surface area contributed by atoms with Gasteiger partial charge in [-0.1, -0.05) is 45.0 Å². The minimum Gasteiger partial charge on any atom is -0.354 e. The fourth-order valence-electron chi connectivity index (χ4n) is 2.24. The molecule has 120 valence electrons. The van der Waals surface area contributed by atoms with Gasteiger partial charge < -0.3 is 10.6 Å². The van der Waals surface area contributed by atoms with Gasteiger partial charge in [0.15, 0.2) is 0 Å². The Hall–Kier alpha value is -1.84. The first-order valence-corrected chi connectivity index (χ1v) is 8.00. The summed E-state index contributed by atoms with van der Waals surface area (Å²) >= 11 is 0. The summed E-state index contributed by atoms with van der Waals surface area (Å²) in [6.07, 6.45) is 2.71. The van der Waals surface area contributed by atoms with Gasteiger partial charge in [-0.3, -0.25) is 9.59 Å². The quantitative estimate of drug-likeness (QED) is 0.846. The van der Waals surface area contributed by atoms with Gasteiger partial charge in [-0.25, -0.2) is 0 Å². The van der Waals surface area contributed by atoms with Gasteiger partial charge in [0.2, 0.25) is 11.8 Å². The molecule has 0 saturated heterocycles. The van der Waals surface area contributed by atoms with Crippen molar-refractivity contribution in [3.05, 3.63) is 35.4 Å². The molecule has 4 heteroatoms. The molecule has 0 aliphatic heterocycles. The first kappa shape index (κ1) is 16.5. The topological polar surface area (TPSA) is 58.2 Å². The summed E-state index contributed by atoms with van der Waals surface area (Å²) in [5, 5.41) is 5.50. The Morgan fingerprint density at radius 3 is 2.27 bits per heavy atom. The molecule has 0 unspecified atom stereocenters. The molecule has 1 fully saturated rings. The first-order valence-electron chi connectivity index (χ1n) is 8.00. The average molecular weight is 302 g/mol. The van der Waals surface area contributed by atoms with E-state index in [0.717, 1.165) is 19.3 Å². The van der Waals surface area contributed by atoms with Crippen LogP contribution in [0.5, 0.6) is 0 Å². The number of hydrogen-bond acceptors (Lipinski definition) is 2. The number of nitrogens with one attached hydrogen (secondary N) is 2. The second kappa shape index (κ2) is 6.95. The van der Waals surface area contributed by atoms with Crippen LogP contribution in [0.1, 0.15) is 44.7 Å². The van der Waals surface area contributed by atoms with E-state index in [1.54, 1.807) is 0 Å². The smallest absolute Gasteiger partial charge is 0.239 e. The molecular formula is C18H26N2O2. The van der Waals surface area contributed by atoms with Gasteiger partial charge in [-0.05, 0) is 35.8 Å². The molecule has 0 bridgehead atoms. The van der Waals surface area contributed by atoms with Crippen LogP contribution in [-0.4, -0.2) is 24.9 Å². The predicted octanol–water partition coefficient (Wildman–Crippen LogP) is 2.17. The Morgan fingerprint density at radius 2 is 1.73 bits per heavy atom. The van der Waals surface area contributed by atoms with Crippen LogP contribution >= 0.6 is 0 Å². The van der Waals surface area contributed by atoms with Crippen LogP contribution in [0.15, 0.2) is 24.3 Å². The van der Waals surface area contributed by atoms with Gasteiger partial charge in [0.05, 0.1) is 6.54 Å². The van der Waals surface area contributed by atoms with Crippen LogP contribution < -0.4 is 10.6 Å². The Labute approximate surface area is 132 Å². The van der Waals surface area contributed by atoms with Crippen LogP contribution in [0.4, 0.5) is 0 Å². The molecule has 4 nitrogen and oxygen atoms in total. The van der Waals surface area contributed by atoms with E-state index in [-0.39, 0.29) is 29.7 Å². The van der Waals surface area contributed by atoms with Gasteiger partial charge >= 0.3 is 0 Å². The monoisotopic (exact) mass is 302 g/mol. The van der Waals surface area contributed by atoms with E-state index in [4.69, 9.17) is 0 Å². The Bertz CT molecular complexity index is 525. The molecule has 2 N–H and O–H groups in total. The van der Waals surface area contributed by atoms with Crippen molar-refractivity contribution in [1.29, 1.82) is 0 Å². The van der Waals surface area contributed by atoms with Gasteiger partial charge in [-0.15, -0.1) is 0 Å². The highest BCUT2D eigenvalue weighted by Crippen LogP contribution is 2.28. The molecule has 0 spiro atoms. The van der Waals surface area contributed by atoms with Crippen molar-refractivity contribution >= 4 is 11.8 Å². The van der Waals surface area contributed by atoms with Crippen LogP contribution in [0.25, 0.3) is 0 Å². The zero-order valence-electron chi connectivity index (χ0n) is 13.7. The fourth-order valence-corrected chi connectivity index (χ4v) is 2.24. The summed E-state index contributed by atoms with van der Waals surface area (Å²) in [5.74, 6) is 0.0300. The number of rotatable bonds is 6. The highest BCUT2D eigenvalue weighted by Gasteiger charge is 2.29. The molecule has 1 aromatic rings. The Balaban J connectivity index is 1.67. The van der Waals surface area contributed by atoms with E-state index in [0.29, 0.717) is 6.54 Å². The number of carbonyl (C=O) groups is 2. The molecule has 2 rings (SSSR count). The molecule has 1 aliphatic rings. The third-order valence-electron chi connectivity index (χ3n) is 3.93. The lowest BCUT2D eigenvalue weighted by atomic mass is 9.86. The summed E-state index contributed by atoms with van der Waals surface area (Å²) in [4.78, 5) is 23.1. The maximum absolute atomic E-state index is 11.6. The molecule has 1 aliphatic carbocycles. The van der Waals surface area contributed by atoms with Crippen molar-refractivity contribution in [1.82, 2.24) is 10.6 Å². The van der Waals surface area contributed by atoms with Crippen molar-refractivity contribution in [3.63, 3.8) is 0 Å². The average Bonchev–Trinajstić information content (AvgIpc) is 3.29. The van der Waals surface area contributed by atoms with E-state index in [9.17, 15) is 9.59 Å². The van der Waals surface area contributed by atoms with Crippen molar-refractivity contribution in [2.24, 2.45) is 5.92 Å². The van der Waals surface area contributed by atoms with E-state index >= 15 is 0 Å². The fraction of sp³-hybridized carbons (Fsp3) is 0.556. The number of carbonyl (C=O) groups excluding carboxylic acids is 2. The van der Waals surface area contributed by atoms with Crippen molar-refractivity contribution in [3.8, 4) is 0 Å². The third-order valence-corrected chi connectivity index (χ3v) is 3.93. The molecule has 2 amide bonds. The minimum atomic E-state index is -0.125. The lowest BCUT2D eigenvalue weighted by Crippen LogP contribution is -2.38. The Kier molecular flexibility index (Phi) is 5.22. The highest BCUT2D eigenvalue weighted by atomic mass is 16.2. The van der Waals surface area contributed by atoms with Crippen molar-refractivity contribution < 1.29 is 9.59 Å². The molecule has 1 saturated carbocycles. The summed E-state index contributed by atoms with van der Waals surface area (Å²) < 4.78 is 0. The van der Waals surface area contributed by atoms with E-state index in [2.05, 4.69) is 55.7 Å². The number of benzene rings is 1. The molecule has 22 heavy (non-hydrogen) atoms. The van der Waals surface area contributed by atoms with Crippen molar-refractivity contribution in [2.45, 2.75) is 45.4 Å². The van der Waals surface area contributed by atoms with Crippen LogP contribution in [-0.2, 0) is 21.4 Å². The van der Waals surface area contributed by atoms with Crippen LogP contribution in [0.2, 0.25) is 0 Å². The maximum Gasteiger partial charge on any atom is 0.239 e. The summed E-state index contributed by atoms with van der Waals surface area (Å²) in [5.41, 5.74) is 2.67. The molecule has 0 aromatic heterocycles. The third kappa shape index (κ3) is 5.17. The molecule has 0 heterocycles. The molecule has 0 radical (unpaired) electrons. The lowest BCUT2D eigenvalue weighted by molar-refractivity contribution is -0.126. The van der Waals surface area contributed by atoms with Crippen molar-refractivity contribution in [2.75, 3.05) is 13.1 Å². The predicted molar refractivity (Wildman–Crippen MR) is 87.6 cm³/mol. The van der Waals surface area contributed by atoms with Gasteiger partial charge in [0, 0.05) is 12.5 Å². The summed E-state index contributed by atoms with van der Waals surface area (Å²) in [6, 6.07) is 8.52. The van der Waals surface area contributed by atoms with Gasteiger partial charge in [-0.2, -0.15) is 0 Å². The van der Waals surface area contributed by atoms with Crippen LogP contribution in [0.3, 0.4) is 0 Å². The largest absolute Gasteiger partial charge is 0.354 e. The van der Waals surface area contributed by atoms with Gasteiger partial charge in [0.25, 0.3) is 0 Å². The van der Waals surface area contributed by atoms with Gasteiger partial charge in [0.1, 0.15) is 0 Å². The lowest BCUT2D eigenvalue weighted by Gasteiger charge is -2.19. The second-order valence-electron chi connectivity index (χ2n) is 7.04. The molecular weight excluding hydrogens is 276 g/mol. The molecule has 0 atom stereocenters. The first-order chi connectivity index (χ1) is 10.4.